The molecule has 10 heteroatoms. The van der Waals surface area contributed by atoms with E-state index in [2.05, 4.69) is 9.97 Å². The smallest absolute Gasteiger partial charge is 0.303 e. The second kappa shape index (κ2) is 7.55. The summed E-state index contributed by atoms with van der Waals surface area (Å²) in [5, 5.41) is 9.97. The number of nitrogens with one attached hydrogen (secondary N) is 2. The summed E-state index contributed by atoms with van der Waals surface area (Å²) in [6, 6.07) is 9.38. The van der Waals surface area contributed by atoms with Gasteiger partial charge in [0.2, 0.25) is 0 Å². The molecule has 2 aromatic heterocycles. The van der Waals surface area contributed by atoms with Crippen molar-refractivity contribution in [1.82, 2.24) is 9.97 Å². The van der Waals surface area contributed by atoms with Crippen molar-refractivity contribution in [3.8, 4) is 0 Å². The number of pyridine rings is 1. The van der Waals surface area contributed by atoms with Crippen molar-refractivity contribution < 1.29 is 22.7 Å². The number of aromatic amines is 2. The SMILES string of the molecule is CN(c1ccc(F)cc1)S(=O)(=O)c1ccc2[nH]c(=O)c3[nH]cc(CCC(=O)O)c3c2c1. The minimum Gasteiger partial charge on any atom is -0.481 e. The second-order valence-electron chi connectivity index (χ2n) is 7.07. The molecule has 4 rings (SSSR count). The number of H-pyrrole nitrogens is 2. The van der Waals surface area contributed by atoms with Crippen LogP contribution in [-0.2, 0) is 21.2 Å². The fraction of sp³-hybridized carbons (Fsp3) is 0.143. The van der Waals surface area contributed by atoms with Crippen LogP contribution in [0.5, 0.6) is 0 Å². The molecule has 0 amide bonds. The minimum absolute atomic E-state index is 0.0226. The summed E-state index contributed by atoms with van der Waals surface area (Å²) in [5.74, 6) is -1.46. The number of carboxylic acids is 1. The van der Waals surface area contributed by atoms with Crippen LogP contribution in [0.3, 0.4) is 0 Å². The molecular weight excluding hydrogens is 425 g/mol. The van der Waals surface area contributed by atoms with Crippen molar-refractivity contribution in [1.29, 1.82) is 0 Å². The summed E-state index contributed by atoms with van der Waals surface area (Å²) in [4.78, 5) is 28.9. The highest BCUT2D eigenvalue weighted by atomic mass is 32.2. The number of anilines is 1. The summed E-state index contributed by atoms with van der Waals surface area (Å²) >= 11 is 0. The average molecular weight is 443 g/mol. The van der Waals surface area contributed by atoms with E-state index in [4.69, 9.17) is 5.11 Å². The number of aromatic nitrogens is 2. The van der Waals surface area contributed by atoms with Crippen LogP contribution in [0.4, 0.5) is 10.1 Å². The van der Waals surface area contributed by atoms with E-state index in [1.807, 2.05) is 0 Å². The maximum absolute atomic E-state index is 13.2. The predicted molar refractivity (Wildman–Crippen MR) is 114 cm³/mol. The summed E-state index contributed by atoms with van der Waals surface area (Å²) in [5.41, 5.74) is 1.18. The Hall–Kier alpha value is -3.66. The summed E-state index contributed by atoms with van der Waals surface area (Å²) in [7, 11) is -2.62. The molecule has 0 saturated carbocycles. The highest BCUT2D eigenvalue weighted by Gasteiger charge is 2.23. The fourth-order valence-electron chi connectivity index (χ4n) is 3.52. The molecule has 3 N–H and O–H groups in total. The Balaban J connectivity index is 1.88. The molecule has 0 fully saturated rings. The Morgan fingerprint density at radius 3 is 2.55 bits per heavy atom. The molecule has 0 radical (unpaired) electrons. The van der Waals surface area contributed by atoms with Crippen LogP contribution in [-0.4, -0.2) is 36.5 Å². The number of carbonyl (C=O) groups is 1. The number of benzene rings is 2. The quantitative estimate of drug-likeness (QED) is 0.423. The first-order valence-corrected chi connectivity index (χ1v) is 10.7. The van der Waals surface area contributed by atoms with E-state index in [0.717, 1.165) is 4.31 Å². The van der Waals surface area contributed by atoms with Gasteiger partial charge in [-0.3, -0.25) is 13.9 Å². The maximum Gasteiger partial charge on any atom is 0.303 e. The lowest BCUT2D eigenvalue weighted by atomic mass is 10.0. The maximum atomic E-state index is 13.2. The number of fused-ring (bicyclic) bond motifs is 3. The van der Waals surface area contributed by atoms with E-state index in [-0.39, 0.29) is 34.5 Å². The van der Waals surface area contributed by atoms with Crippen molar-refractivity contribution in [2.75, 3.05) is 11.4 Å². The molecule has 2 heterocycles. The topological polar surface area (TPSA) is 123 Å². The molecule has 4 aromatic rings. The minimum atomic E-state index is -3.98. The third-order valence-corrected chi connectivity index (χ3v) is 6.94. The van der Waals surface area contributed by atoms with E-state index in [1.165, 1.54) is 49.5 Å². The van der Waals surface area contributed by atoms with Gasteiger partial charge < -0.3 is 15.1 Å². The largest absolute Gasteiger partial charge is 0.481 e. The van der Waals surface area contributed by atoms with Gasteiger partial charge in [0.1, 0.15) is 11.3 Å². The highest BCUT2D eigenvalue weighted by molar-refractivity contribution is 7.92. The van der Waals surface area contributed by atoms with E-state index in [0.29, 0.717) is 21.9 Å². The lowest BCUT2D eigenvalue weighted by Gasteiger charge is -2.20. The van der Waals surface area contributed by atoms with Crippen molar-refractivity contribution in [2.24, 2.45) is 0 Å². The standard InChI is InChI=1S/C21H18FN3O5S/c1-25(14-5-3-13(22)4-6-14)31(29,30)15-7-8-17-16(10-15)19-12(2-9-18(26)27)11-23-20(19)21(28)24-17/h3-8,10-11,23H,2,9H2,1H3,(H,24,28)(H,26,27). The number of halogens is 1. The molecule has 8 nitrogen and oxygen atoms in total. The van der Waals surface area contributed by atoms with Crippen LogP contribution < -0.4 is 9.86 Å². The third kappa shape index (κ3) is 3.66. The van der Waals surface area contributed by atoms with Gasteiger partial charge >= 0.3 is 5.97 Å². The zero-order valence-corrected chi connectivity index (χ0v) is 17.2. The number of hydrogen-bond donors (Lipinski definition) is 3. The number of aliphatic carboxylic acids is 1. The Morgan fingerprint density at radius 2 is 1.87 bits per heavy atom. The number of carboxylic acid groups (broad SMARTS) is 1. The predicted octanol–water partition coefficient (Wildman–Crippen LogP) is 2.99. The lowest BCUT2D eigenvalue weighted by Crippen LogP contribution is -2.26. The Bertz CT molecular complexity index is 1470. The Labute approximate surface area is 176 Å². The fourth-order valence-corrected chi connectivity index (χ4v) is 4.74. The van der Waals surface area contributed by atoms with Gasteiger partial charge in [0, 0.05) is 36.0 Å². The molecule has 160 valence electrons. The first-order chi connectivity index (χ1) is 14.7. The van der Waals surface area contributed by atoms with Gasteiger partial charge in [-0.05, 0) is 54.4 Å². The van der Waals surface area contributed by atoms with Gasteiger partial charge in [0.25, 0.3) is 15.6 Å². The molecule has 0 atom stereocenters. The molecule has 0 spiro atoms. The molecule has 0 aliphatic carbocycles. The molecule has 0 aliphatic rings. The lowest BCUT2D eigenvalue weighted by molar-refractivity contribution is -0.136. The molecule has 0 aliphatic heterocycles. The first kappa shape index (κ1) is 20.6. The van der Waals surface area contributed by atoms with Crippen molar-refractivity contribution >= 4 is 43.5 Å². The van der Waals surface area contributed by atoms with Gasteiger partial charge in [-0.15, -0.1) is 0 Å². The normalized spacial score (nSPS) is 11.8. The molecule has 31 heavy (non-hydrogen) atoms. The summed E-state index contributed by atoms with van der Waals surface area (Å²) in [6.07, 6.45) is 1.61. The second-order valence-corrected chi connectivity index (χ2v) is 9.04. The van der Waals surface area contributed by atoms with Crippen LogP contribution in [0, 0.1) is 5.82 Å². The van der Waals surface area contributed by atoms with Crippen molar-refractivity contribution in [3.05, 3.63) is 70.4 Å². The van der Waals surface area contributed by atoms with Gasteiger partial charge in [-0.25, -0.2) is 12.8 Å². The van der Waals surface area contributed by atoms with Crippen molar-refractivity contribution in [2.45, 2.75) is 17.7 Å². The molecule has 2 aromatic carbocycles. The number of rotatable bonds is 6. The van der Waals surface area contributed by atoms with Crippen LogP contribution in [0.2, 0.25) is 0 Å². The zero-order valence-electron chi connectivity index (χ0n) is 16.3. The number of nitrogens with zero attached hydrogens (tertiary/aromatic N) is 1. The molecule has 0 saturated heterocycles. The van der Waals surface area contributed by atoms with Crippen LogP contribution in [0.15, 0.2) is 58.4 Å². The van der Waals surface area contributed by atoms with Gasteiger partial charge in [0.05, 0.1) is 10.6 Å². The van der Waals surface area contributed by atoms with E-state index >= 15 is 0 Å². The van der Waals surface area contributed by atoms with E-state index in [1.54, 1.807) is 6.20 Å². The third-order valence-electron chi connectivity index (χ3n) is 5.15. The van der Waals surface area contributed by atoms with Crippen LogP contribution in [0.1, 0.15) is 12.0 Å². The average Bonchev–Trinajstić information content (AvgIpc) is 3.17. The van der Waals surface area contributed by atoms with Gasteiger partial charge in [0.15, 0.2) is 0 Å². The van der Waals surface area contributed by atoms with Crippen LogP contribution in [0.25, 0.3) is 21.8 Å². The van der Waals surface area contributed by atoms with Gasteiger partial charge in [-0.2, -0.15) is 0 Å². The van der Waals surface area contributed by atoms with Gasteiger partial charge in [-0.1, -0.05) is 0 Å². The van der Waals surface area contributed by atoms with E-state index in [9.17, 15) is 22.4 Å². The molecule has 0 bridgehead atoms. The molecular formula is C21H18FN3O5S. The molecule has 0 unspecified atom stereocenters. The zero-order chi connectivity index (χ0) is 22.3. The van der Waals surface area contributed by atoms with Crippen molar-refractivity contribution in [3.63, 3.8) is 0 Å². The number of aryl methyl sites for hydroxylation is 1. The number of sulfonamides is 1. The first-order valence-electron chi connectivity index (χ1n) is 9.31. The monoisotopic (exact) mass is 443 g/mol. The van der Waals surface area contributed by atoms with Crippen LogP contribution >= 0.6 is 0 Å². The Morgan fingerprint density at radius 1 is 1.16 bits per heavy atom. The number of hydrogen-bond acceptors (Lipinski definition) is 4. The summed E-state index contributed by atoms with van der Waals surface area (Å²) in [6.45, 7) is 0. The Kier molecular flexibility index (Phi) is 5.02. The summed E-state index contributed by atoms with van der Waals surface area (Å²) < 4.78 is 40.6. The highest BCUT2D eigenvalue weighted by Crippen LogP contribution is 2.29. The van der Waals surface area contributed by atoms with E-state index < -0.39 is 21.8 Å².